The van der Waals surface area contributed by atoms with E-state index in [2.05, 4.69) is 0 Å². The quantitative estimate of drug-likeness (QED) is 0.0450. The van der Waals surface area contributed by atoms with Crippen molar-refractivity contribution >= 4 is 124 Å². The van der Waals surface area contributed by atoms with Gasteiger partial charge in [0, 0.05) is 153 Å². The minimum atomic E-state index is -2.18. The van der Waals surface area contributed by atoms with E-state index >= 15 is 10.2 Å². The largest absolute Gasteiger partial charge is 0.507 e. The Morgan fingerprint density at radius 3 is 2.11 bits per heavy atom. The second kappa shape index (κ2) is 12.2. The van der Waals surface area contributed by atoms with Gasteiger partial charge in [0.1, 0.15) is 68.1 Å². The third-order valence-corrected chi connectivity index (χ3v) is 32.4. The van der Waals surface area contributed by atoms with Gasteiger partial charge in [0.15, 0.2) is 11.2 Å². The van der Waals surface area contributed by atoms with Crippen LogP contribution in [0.4, 0.5) is 0 Å². The van der Waals surface area contributed by atoms with Crippen LogP contribution in [0.25, 0.3) is 128 Å². The number of allylic oxidation sites excluding steroid dienone is 3. The van der Waals surface area contributed by atoms with E-state index in [0.29, 0.717) is 176 Å². The molecular weight excluding hydrogens is 1290 g/mol. The number of phenolic OH excluding ortho intramolecular Hbond substituents is 4. The summed E-state index contributed by atoms with van der Waals surface area (Å²) in [6.07, 6.45) is 9.06. The lowest BCUT2D eigenvalue weighted by Gasteiger charge is -2.75. The molecule has 3 saturated carbocycles. The Bertz CT molecular complexity index is 7560. The number of carbonyl (C=O) groups is 3. The molecule has 18 atom stereocenters. The maximum atomic E-state index is 17.1. The molecule has 0 radical (unpaired) electrons. The van der Waals surface area contributed by atoms with Gasteiger partial charge in [-0.1, -0.05) is 24.3 Å². The maximum absolute atomic E-state index is 17.1. The lowest BCUT2D eigenvalue weighted by molar-refractivity contribution is -0.130. The van der Waals surface area contributed by atoms with Gasteiger partial charge < -0.3 is 70.4 Å². The lowest BCUT2D eigenvalue weighted by atomic mass is 9.26. The molecule has 11 N–H and O–H groups in total. The summed E-state index contributed by atoms with van der Waals surface area (Å²) in [6, 6.07) is 17.3. The average molecular weight is 1330 g/mol. The third-order valence-electron chi connectivity index (χ3n) is 32.4. The minimum Gasteiger partial charge on any atom is -0.507 e. The normalized spacial score (nSPS) is 39.3. The molecule has 18 unspecified atom stereocenters. The van der Waals surface area contributed by atoms with Crippen molar-refractivity contribution in [1.82, 2.24) is 0 Å². The average Bonchev–Trinajstić information content (AvgIpc) is 1.35. The van der Waals surface area contributed by atoms with E-state index in [1.54, 1.807) is 36.4 Å². The molecule has 20 aliphatic carbocycles. The second-order valence-electron chi connectivity index (χ2n) is 33.9. The highest BCUT2D eigenvalue weighted by molar-refractivity contribution is 6.41. The van der Waals surface area contributed by atoms with E-state index < -0.39 is 122 Å². The van der Waals surface area contributed by atoms with Crippen molar-refractivity contribution in [2.24, 2.45) is 23.7 Å². The minimum absolute atomic E-state index is 0.00505. The number of aliphatic carboxylic acids is 1. The van der Waals surface area contributed by atoms with E-state index in [4.69, 9.17) is 14.2 Å². The number of aliphatic hydroxyl groups is 4. The Morgan fingerprint density at radius 2 is 1.27 bits per heavy atom. The first-order valence-electron chi connectivity index (χ1n) is 35.2. The van der Waals surface area contributed by atoms with Crippen molar-refractivity contribution in [3.8, 4) is 45.3 Å². The SMILES string of the molecule is O=C(O)C1=CC2=Cc3c4c5c6c(c3O)=CC3=C(O)c7ccc(O)c8c7C79OC37C=6C3c6c9c7c-8ccc8c9c(C(=O)O)ccc%10c(O)c%11c%12c(c(c6C6C%13C%14C%15C%16C(=C(O)C(=C%11)C%15%11OC%126%11)C=c6ccc%11cc(C(=O)O)c%12c%15c%11c6=C%16C6%11OC%146C(=C5C3%13O)C3(O)C4C2c2c1c(O)cc-%12c2C3C%15%11)c78)c%109. The summed E-state index contributed by atoms with van der Waals surface area (Å²) in [5, 5.41) is 159. The Balaban J connectivity index is 0.903. The zero-order chi connectivity index (χ0) is 66.5. The highest BCUT2D eigenvalue weighted by atomic mass is 16.7. The fraction of sp³-hybridized carbons (Fsp3) is 0.212. The molecule has 10 aromatic carbocycles. The molecule has 33 rings (SSSR count). The summed E-state index contributed by atoms with van der Waals surface area (Å²) < 4.78 is 25.2. The van der Waals surface area contributed by atoms with Crippen molar-refractivity contribution in [2.75, 3.05) is 0 Å². The van der Waals surface area contributed by atoms with Gasteiger partial charge in [-0.2, -0.15) is 0 Å². The topological polar surface area (TPSA) is 311 Å². The van der Waals surface area contributed by atoms with Gasteiger partial charge in [0.2, 0.25) is 0 Å². The first-order valence-corrected chi connectivity index (χ1v) is 35.2. The van der Waals surface area contributed by atoms with Crippen LogP contribution >= 0.6 is 0 Å². The van der Waals surface area contributed by atoms with E-state index in [-0.39, 0.29) is 62.3 Å². The number of aromatic hydroxyl groups is 4. The standard InChI is InChI=1S/C85H36O17/c86-33-8-7-23-56-41(33)20-4-3-19-38-22(75(92)93)6-5-21-43(38)52-50-42(19)44(20)60-55-54(50)66-68-69-64-48-26(73(91)32-14-30(70(21)88)57(52)83(66)81(32,64)101-83)9-17-2-1-16-10-28(76(94)95)39-24-15-34(87)40-29(77(96)97)12-18-11-25-46-53-47-27(71(25)89)13-31(72(23)90)80(82(56,60)100-80)63(47)62(55)78(68,98)67(53)74-79(99)58(46)37(18)49(40)45(24)61(79)65-51(39)35(16)36(17)59(48)84(65)85(69,74)102-84/h1-15,37,48,58,61-62,64-66,68-69,86-91,98-99H,(H,92,93)(H,94,95)(H,96,97). The van der Waals surface area contributed by atoms with E-state index in [9.17, 15) is 60.3 Å². The highest BCUT2D eigenvalue weighted by Gasteiger charge is 3.03. The van der Waals surface area contributed by atoms with Crippen molar-refractivity contribution in [1.29, 1.82) is 0 Å². The van der Waals surface area contributed by atoms with Crippen LogP contribution in [0, 0.1) is 23.7 Å². The molecule has 102 heavy (non-hydrogen) atoms. The van der Waals surface area contributed by atoms with Gasteiger partial charge >= 0.3 is 17.9 Å². The first-order chi connectivity index (χ1) is 49.3. The molecule has 17 nitrogen and oxygen atoms in total. The molecule has 3 saturated heterocycles. The number of aliphatic hydroxyl groups excluding tert-OH is 2. The van der Waals surface area contributed by atoms with E-state index in [0.717, 1.165) is 32.3 Å². The number of phenols is 4. The number of fused-ring (bicyclic) bond motifs is 3. The summed E-state index contributed by atoms with van der Waals surface area (Å²) in [5.41, 5.74) is -1.45. The predicted molar refractivity (Wildman–Crippen MR) is 358 cm³/mol. The van der Waals surface area contributed by atoms with Crippen molar-refractivity contribution in [3.63, 3.8) is 0 Å². The van der Waals surface area contributed by atoms with Crippen LogP contribution in [0.1, 0.15) is 134 Å². The Labute approximate surface area is 565 Å². The van der Waals surface area contributed by atoms with Crippen LogP contribution in [0.2, 0.25) is 0 Å². The molecular formula is C85H36O17. The number of ether oxygens (including phenoxy) is 3. The zero-order valence-corrected chi connectivity index (χ0v) is 51.8. The Morgan fingerprint density at radius 1 is 0.461 bits per heavy atom. The Kier molecular flexibility index (Phi) is 5.79. The summed E-state index contributed by atoms with van der Waals surface area (Å²) >= 11 is 0. The maximum Gasteiger partial charge on any atom is 0.336 e. The predicted octanol–water partition coefficient (Wildman–Crippen LogP) is 8.26. The molecule has 3 aliphatic heterocycles. The molecule has 478 valence electrons. The zero-order valence-electron chi connectivity index (χ0n) is 51.8. The van der Waals surface area contributed by atoms with Crippen molar-refractivity contribution in [2.45, 2.75) is 80.3 Å². The van der Waals surface area contributed by atoms with Crippen molar-refractivity contribution < 1.29 is 84.8 Å². The highest BCUT2D eigenvalue weighted by Crippen LogP contribution is 2.99. The number of rotatable bonds is 3. The number of aromatic carboxylic acids is 2. The van der Waals surface area contributed by atoms with Gasteiger partial charge in [-0.15, -0.1) is 0 Å². The number of epoxide rings is 3. The van der Waals surface area contributed by atoms with Crippen LogP contribution in [0.15, 0.2) is 100 Å². The number of carboxylic acid groups (broad SMARTS) is 3. The fourth-order valence-corrected chi connectivity index (χ4v) is 31.0. The molecule has 6 spiro atoms. The van der Waals surface area contributed by atoms with Crippen LogP contribution in [0.3, 0.4) is 0 Å². The van der Waals surface area contributed by atoms with Gasteiger partial charge in [0.05, 0.1) is 16.7 Å². The molecule has 23 aliphatic rings. The van der Waals surface area contributed by atoms with Gasteiger partial charge in [-0.05, 0) is 193 Å². The lowest BCUT2D eigenvalue weighted by Crippen LogP contribution is -2.80. The van der Waals surface area contributed by atoms with Gasteiger partial charge in [0.25, 0.3) is 0 Å². The fourth-order valence-electron chi connectivity index (χ4n) is 31.0. The second-order valence-corrected chi connectivity index (χ2v) is 33.9. The van der Waals surface area contributed by atoms with Crippen LogP contribution < -0.4 is 20.9 Å². The summed E-state index contributed by atoms with van der Waals surface area (Å²) in [6.45, 7) is 0. The molecule has 3 heterocycles. The Hall–Kier alpha value is -11.3. The monoisotopic (exact) mass is 1330 g/mol. The molecule has 10 aromatic rings. The summed E-state index contributed by atoms with van der Waals surface area (Å²) in [4.78, 5) is 43.1. The van der Waals surface area contributed by atoms with E-state index in [1.165, 1.54) is 12.1 Å². The van der Waals surface area contributed by atoms with Gasteiger partial charge in [-0.25, -0.2) is 14.4 Å². The van der Waals surface area contributed by atoms with E-state index in [1.807, 2.05) is 42.5 Å². The van der Waals surface area contributed by atoms with Crippen LogP contribution in [0.5, 0.6) is 23.0 Å². The number of hydrogen-bond acceptors (Lipinski definition) is 14. The smallest absolute Gasteiger partial charge is 0.336 e. The third kappa shape index (κ3) is 3.34. The summed E-state index contributed by atoms with van der Waals surface area (Å²) in [5.74, 6) is -14.6. The number of carboxylic acids is 3. The van der Waals surface area contributed by atoms with Crippen molar-refractivity contribution in [3.05, 3.63) is 210 Å². The molecule has 0 aromatic heterocycles. The van der Waals surface area contributed by atoms with Crippen LogP contribution in [-0.4, -0.2) is 108 Å². The first kappa shape index (κ1) is 48.5. The number of hydrogen-bond donors (Lipinski definition) is 11. The molecule has 6 fully saturated rings. The molecule has 0 amide bonds. The molecule has 0 bridgehead atoms. The number of benzene rings is 10. The van der Waals surface area contributed by atoms with Gasteiger partial charge in [-0.3, -0.25) is 0 Å². The van der Waals surface area contributed by atoms with Crippen LogP contribution in [-0.2, 0) is 30.2 Å². The summed E-state index contributed by atoms with van der Waals surface area (Å²) in [7, 11) is 0. The molecule has 17 heteroatoms.